The molecule has 6 atom stereocenters. The van der Waals surface area contributed by atoms with E-state index in [1.165, 1.54) is 6.08 Å². The second-order valence-corrected chi connectivity index (χ2v) is 11.7. The number of carbonyl (C=O) groups is 4. The summed E-state index contributed by atoms with van der Waals surface area (Å²) in [5.41, 5.74) is 1.86. The van der Waals surface area contributed by atoms with E-state index in [0.717, 1.165) is 11.1 Å². The van der Waals surface area contributed by atoms with Crippen LogP contribution in [0.2, 0.25) is 0 Å². The lowest BCUT2D eigenvalue weighted by Gasteiger charge is -2.26. The van der Waals surface area contributed by atoms with Gasteiger partial charge in [0.05, 0.1) is 32.3 Å². The van der Waals surface area contributed by atoms with Crippen molar-refractivity contribution >= 4 is 23.6 Å². The van der Waals surface area contributed by atoms with E-state index >= 15 is 0 Å². The van der Waals surface area contributed by atoms with Gasteiger partial charge in [-0.3, -0.25) is 19.7 Å². The van der Waals surface area contributed by atoms with Crippen LogP contribution < -0.4 is 15.4 Å². The van der Waals surface area contributed by atoms with Gasteiger partial charge in [-0.05, 0) is 48.1 Å². The summed E-state index contributed by atoms with van der Waals surface area (Å²) in [6.45, 7) is 5.32. The Balaban J connectivity index is 1.54. The van der Waals surface area contributed by atoms with E-state index in [1.807, 2.05) is 63.2 Å². The van der Waals surface area contributed by atoms with E-state index in [4.69, 9.17) is 18.9 Å². The first kappa shape index (κ1) is 32.9. The van der Waals surface area contributed by atoms with Crippen LogP contribution in [0.5, 0.6) is 5.75 Å². The molecule has 0 aliphatic carbocycles. The highest BCUT2D eigenvalue weighted by Gasteiger charge is 2.47. The molecule has 4 rings (SSSR count). The number of ether oxygens (including phenoxy) is 4. The third-order valence-corrected chi connectivity index (χ3v) is 7.76. The molecule has 1 amide bonds. The molecular weight excluding hydrogens is 564 g/mol. The fraction of sp³-hybridized carbons (Fsp3) is 0.471. The fourth-order valence-corrected chi connectivity index (χ4v) is 5.24. The standard InChI is InChI=1S/C34H42N2O8/c1-21(2)17-29-34(40)43-28(22(3)32-33(44-32)24-9-6-5-7-10-24)11-8-12-30(38)36-26(27(37)19-35-20-31(39)42-29)18-23-13-15-25(41-4)16-14-23/h5-10,12-16,21-22,26,28-29,32-33,35H,11,17-20H2,1-4H3,(H,36,38)/b12-8+/t22-,26?,28-,29-,32+,33+/m0/s1. The van der Waals surface area contributed by atoms with Crippen molar-refractivity contribution in [3.63, 3.8) is 0 Å². The molecule has 1 fully saturated rings. The lowest BCUT2D eigenvalue weighted by atomic mass is 9.93. The minimum atomic E-state index is -1.11. The average molecular weight is 607 g/mol. The van der Waals surface area contributed by atoms with E-state index in [-0.39, 0.29) is 62.2 Å². The van der Waals surface area contributed by atoms with Crippen LogP contribution in [0, 0.1) is 11.8 Å². The van der Waals surface area contributed by atoms with Crippen LogP contribution in [0.25, 0.3) is 0 Å². The van der Waals surface area contributed by atoms with Crippen LogP contribution >= 0.6 is 0 Å². The fourth-order valence-electron chi connectivity index (χ4n) is 5.24. The van der Waals surface area contributed by atoms with Crippen LogP contribution in [0.4, 0.5) is 0 Å². The smallest absolute Gasteiger partial charge is 0.347 e. The van der Waals surface area contributed by atoms with Crippen molar-refractivity contribution in [3.05, 3.63) is 77.9 Å². The molecule has 10 nitrogen and oxygen atoms in total. The largest absolute Gasteiger partial charge is 0.497 e. The second-order valence-electron chi connectivity index (χ2n) is 11.7. The number of methoxy groups -OCH3 is 1. The van der Waals surface area contributed by atoms with E-state index in [1.54, 1.807) is 25.3 Å². The average Bonchev–Trinajstić information content (AvgIpc) is 3.81. The Bertz CT molecular complexity index is 1310. The Morgan fingerprint density at radius 2 is 1.66 bits per heavy atom. The first-order chi connectivity index (χ1) is 21.1. The van der Waals surface area contributed by atoms with Crippen molar-refractivity contribution in [2.45, 2.75) is 70.5 Å². The van der Waals surface area contributed by atoms with Gasteiger partial charge in [-0.2, -0.15) is 0 Å². The van der Waals surface area contributed by atoms with Crippen molar-refractivity contribution < 1.29 is 38.1 Å². The molecule has 10 heteroatoms. The first-order valence-corrected chi connectivity index (χ1v) is 15.1. The van der Waals surface area contributed by atoms with Gasteiger partial charge in [0.1, 0.15) is 18.0 Å². The minimum absolute atomic E-state index is 0.0490. The molecule has 2 aliphatic rings. The number of Topliss-reactive ketones (excluding diaryl/α,β-unsaturated/α-hetero) is 1. The molecule has 44 heavy (non-hydrogen) atoms. The number of epoxide rings is 1. The monoisotopic (exact) mass is 606 g/mol. The number of hydrogen-bond donors (Lipinski definition) is 2. The summed E-state index contributed by atoms with van der Waals surface area (Å²) in [6.07, 6.45) is 1.66. The second kappa shape index (κ2) is 15.6. The molecule has 0 saturated carbocycles. The maximum absolute atomic E-state index is 13.3. The van der Waals surface area contributed by atoms with Crippen LogP contribution in [0.1, 0.15) is 50.8 Å². The predicted molar refractivity (Wildman–Crippen MR) is 163 cm³/mol. The van der Waals surface area contributed by atoms with E-state index < -0.39 is 36.1 Å². The quantitative estimate of drug-likeness (QED) is 0.342. The van der Waals surface area contributed by atoms with Gasteiger partial charge in [-0.1, -0.05) is 69.3 Å². The summed E-state index contributed by atoms with van der Waals surface area (Å²) < 4.78 is 22.7. The van der Waals surface area contributed by atoms with E-state index in [9.17, 15) is 19.2 Å². The summed E-state index contributed by atoms with van der Waals surface area (Å²) in [4.78, 5) is 52.2. The summed E-state index contributed by atoms with van der Waals surface area (Å²) in [6, 6.07) is 16.2. The van der Waals surface area contributed by atoms with Crippen LogP contribution in [-0.2, 0) is 39.8 Å². The highest BCUT2D eigenvalue weighted by Crippen LogP contribution is 2.45. The summed E-state index contributed by atoms with van der Waals surface area (Å²) >= 11 is 0. The van der Waals surface area contributed by atoms with Gasteiger partial charge in [0.25, 0.3) is 0 Å². The maximum atomic E-state index is 13.3. The molecule has 0 spiro atoms. The van der Waals surface area contributed by atoms with Crippen molar-refractivity contribution in [1.29, 1.82) is 0 Å². The molecule has 0 aromatic heterocycles. The molecule has 0 radical (unpaired) electrons. The molecule has 1 saturated heterocycles. The number of hydrogen-bond acceptors (Lipinski definition) is 9. The van der Waals surface area contributed by atoms with Crippen molar-refractivity contribution in [1.82, 2.24) is 10.6 Å². The zero-order chi connectivity index (χ0) is 31.6. The summed E-state index contributed by atoms with van der Waals surface area (Å²) in [5.74, 6) is -1.58. The lowest BCUT2D eigenvalue weighted by Crippen LogP contribution is -2.46. The van der Waals surface area contributed by atoms with Gasteiger partial charge in [-0.15, -0.1) is 0 Å². The Kier molecular flexibility index (Phi) is 11.7. The number of ketones is 1. The van der Waals surface area contributed by atoms with Crippen molar-refractivity contribution in [2.75, 3.05) is 20.2 Å². The molecule has 0 bridgehead atoms. The number of carbonyl (C=O) groups excluding carboxylic acids is 4. The highest BCUT2D eigenvalue weighted by molar-refractivity contribution is 5.94. The number of esters is 2. The Hall–Kier alpha value is -4.02. The molecule has 2 aromatic carbocycles. The SMILES string of the molecule is COc1ccc(CC2NC(=O)/C=C/C[C@@H]([C@H](C)[C@H]3O[C@@H]3c3ccccc3)OC(=O)[C@H](CC(C)C)OC(=O)CNCC2=O)cc1. The third-order valence-electron chi connectivity index (χ3n) is 7.76. The van der Waals surface area contributed by atoms with Gasteiger partial charge < -0.3 is 24.3 Å². The topological polar surface area (TPSA) is 133 Å². The Morgan fingerprint density at radius 1 is 0.932 bits per heavy atom. The Morgan fingerprint density at radius 3 is 2.34 bits per heavy atom. The van der Waals surface area contributed by atoms with Crippen LogP contribution in [0.15, 0.2) is 66.7 Å². The molecule has 236 valence electrons. The number of nitrogens with one attached hydrogen (secondary N) is 2. The minimum Gasteiger partial charge on any atom is -0.497 e. The van der Waals surface area contributed by atoms with Gasteiger partial charge in [0.15, 0.2) is 11.9 Å². The third kappa shape index (κ3) is 9.49. The predicted octanol–water partition coefficient (Wildman–Crippen LogP) is 3.49. The zero-order valence-corrected chi connectivity index (χ0v) is 25.7. The maximum Gasteiger partial charge on any atom is 0.347 e. The zero-order valence-electron chi connectivity index (χ0n) is 25.7. The van der Waals surface area contributed by atoms with Crippen LogP contribution in [0.3, 0.4) is 0 Å². The highest BCUT2D eigenvalue weighted by atomic mass is 16.6. The molecule has 2 aromatic rings. The van der Waals surface area contributed by atoms with E-state index in [0.29, 0.717) is 5.75 Å². The molecule has 2 N–H and O–H groups in total. The van der Waals surface area contributed by atoms with Crippen molar-refractivity contribution in [3.8, 4) is 5.75 Å². The van der Waals surface area contributed by atoms with Crippen molar-refractivity contribution in [2.24, 2.45) is 11.8 Å². The summed E-state index contributed by atoms with van der Waals surface area (Å²) in [5, 5.41) is 5.58. The number of benzene rings is 2. The van der Waals surface area contributed by atoms with Gasteiger partial charge in [-0.25, -0.2) is 4.79 Å². The van der Waals surface area contributed by atoms with Gasteiger partial charge in [0, 0.05) is 12.3 Å². The normalized spacial score (nSPS) is 26.7. The van der Waals surface area contributed by atoms with E-state index in [2.05, 4.69) is 10.6 Å². The Labute approximate surface area is 258 Å². The first-order valence-electron chi connectivity index (χ1n) is 15.1. The molecular formula is C34H42N2O8. The summed E-state index contributed by atoms with van der Waals surface area (Å²) in [7, 11) is 1.57. The van der Waals surface area contributed by atoms with Gasteiger partial charge >= 0.3 is 11.9 Å². The molecule has 2 heterocycles. The number of rotatable bonds is 8. The molecule has 2 aliphatic heterocycles. The molecule has 1 unspecified atom stereocenters. The number of cyclic esters (lactones) is 2. The lowest BCUT2D eigenvalue weighted by molar-refractivity contribution is -0.174. The number of amides is 1. The van der Waals surface area contributed by atoms with Gasteiger partial charge in [0.2, 0.25) is 5.91 Å². The van der Waals surface area contributed by atoms with Crippen LogP contribution in [-0.4, -0.2) is 68.2 Å².